The molecule has 1 heterocycles. The Morgan fingerprint density at radius 1 is 0.800 bits per heavy atom. The van der Waals surface area contributed by atoms with Gasteiger partial charge in [0.1, 0.15) is 5.82 Å². The monoisotopic (exact) mass is 423 g/mol. The molecule has 4 rings (SSSR count). The highest BCUT2D eigenvalue weighted by atomic mass is 32.2. The number of hydrogen-bond donors (Lipinski definition) is 3. The Balaban J connectivity index is 1.37. The second-order valence-electron chi connectivity index (χ2n) is 7.09. The first-order valence-corrected chi connectivity index (χ1v) is 11.1. The first-order valence-electron chi connectivity index (χ1n) is 9.60. The van der Waals surface area contributed by atoms with Crippen LogP contribution >= 0.6 is 0 Å². The topological polar surface area (TPSA) is 74.0 Å². The Morgan fingerprint density at radius 3 is 2.37 bits per heavy atom. The molecule has 3 aromatic carbocycles. The first-order chi connectivity index (χ1) is 14.5. The summed E-state index contributed by atoms with van der Waals surface area (Å²) >= 11 is 0. The van der Waals surface area contributed by atoms with Crippen molar-refractivity contribution in [3.05, 3.63) is 102 Å². The van der Waals surface area contributed by atoms with E-state index < -0.39 is 15.8 Å². The van der Waals surface area contributed by atoms with Gasteiger partial charge in [0, 0.05) is 30.8 Å². The third kappa shape index (κ3) is 4.94. The SMILES string of the molecule is O=S(=O)(NCc1cccc(F)c1)c1cccc(CNCc2cc3ccccc3[nH]2)c1. The summed E-state index contributed by atoms with van der Waals surface area (Å²) in [6.07, 6.45) is 0. The van der Waals surface area contributed by atoms with E-state index in [1.807, 2.05) is 24.3 Å². The Bertz CT molecular complexity index is 1240. The predicted octanol–water partition coefficient (Wildman–Crippen LogP) is 4.08. The molecular formula is C23H22FN3O2S. The number of fused-ring (bicyclic) bond motifs is 1. The number of nitrogens with one attached hydrogen (secondary N) is 3. The molecule has 0 fully saturated rings. The highest BCUT2D eigenvalue weighted by Crippen LogP contribution is 2.15. The van der Waals surface area contributed by atoms with Crippen LogP contribution in [0.1, 0.15) is 16.8 Å². The average Bonchev–Trinajstić information content (AvgIpc) is 3.15. The smallest absolute Gasteiger partial charge is 0.240 e. The van der Waals surface area contributed by atoms with Crippen molar-refractivity contribution in [3.8, 4) is 0 Å². The molecule has 0 spiro atoms. The largest absolute Gasteiger partial charge is 0.357 e. The molecule has 0 unspecified atom stereocenters. The summed E-state index contributed by atoms with van der Waals surface area (Å²) in [6, 6.07) is 22.8. The molecule has 0 aliphatic carbocycles. The number of benzene rings is 3. The summed E-state index contributed by atoms with van der Waals surface area (Å²) in [5, 5.41) is 4.49. The lowest BCUT2D eigenvalue weighted by molar-refractivity contribution is 0.580. The number of hydrogen-bond acceptors (Lipinski definition) is 3. The van der Waals surface area contributed by atoms with Gasteiger partial charge in [0.05, 0.1) is 4.90 Å². The van der Waals surface area contributed by atoms with Gasteiger partial charge in [-0.1, -0.05) is 42.5 Å². The van der Waals surface area contributed by atoms with Crippen molar-refractivity contribution in [2.75, 3.05) is 0 Å². The van der Waals surface area contributed by atoms with E-state index in [2.05, 4.69) is 27.2 Å². The van der Waals surface area contributed by atoms with E-state index in [1.165, 1.54) is 12.1 Å². The minimum Gasteiger partial charge on any atom is -0.357 e. The van der Waals surface area contributed by atoms with Gasteiger partial charge in [-0.3, -0.25) is 0 Å². The van der Waals surface area contributed by atoms with Crippen LogP contribution < -0.4 is 10.0 Å². The predicted molar refractivity (Wildman–Crippen MR) is 116 cm³/mol. The van der Waals surface area contributed by atoms with Crippen LogP contribution in [0.4, 0.5) is 4.39 Å². The zero-order valence-corrected chi connectivity index (χ0v) is 17.0. The lowest BCUT2D eigenvalue weighted by Gasteiger charge is -2.09. The number of para-hydroxylation sites is 1. The zero-order valence-electron chi connectivity index (χ0n) is 16.2. The van der Waals surface area contributed by atoms with E-state index in [4.69, 9.17) is 0 Å². The van der Waals surface area contributed by atoms with Gasteiger partial charge >= 0.3 is 0 Å². The second-order valence-corrected chi connectivity index (χ2v) is 8.85. The summed E-state index contributed by atoms with van der Waals surface area (Å²) < 4.78 is 41.0. The van der Waals surface area contributed by atoms with Crippen molar-refractivity contribution in [1.82, 2.24) is 15.0 Å². The van der Waals surface area contributed by atoms with Crippen LogP contribution in [0.5, 0.6) is 0 Å². The van der Waals surface area contributed by atoms with Gasteiger partial charge in [0.25, 0.3) is 0 Å². The number of rotatable bonds is 8. The van der Waals surface area contributed by atoms with Gasteiger partial charge in [-0.2, -0.15) is 0 Å². The third-order valence-corrected chi connectivity index (χ3v) is 6.19. The fourth-order valence-electron chi connectivity index (χ4n) is 3.30. The summed E-state index contributed by atoms with van der Waals surface area (Å²) in [4.78, 5) is 3.54. The van der Waals surface area contributed by atoms with Crippen LogP contribution in [0, 0.1) is 5.82 Å². The minimum atomic E-state index is -3.69. The lowest BCUT2D eigenvalue weighted by Crippen LogP contribution is -2.23. The molecule has 7 heteroatoms. The summed E-state index contributed by atoms with van der Waals surface area (Å²) in [5.74, 6) is -0.394. The molecule has 3 N–H and O–H groups in total. The average molecular weight is 424 g/mol. The number of aromatic amines is 1. The van der Waals surface area contributed by atoms with Gasteiger partial charge in [-0.15, -0.1) is 0 Å². The van der Waals surface area contributed by atoms with Gasteiger partial charge in [0.15, 0.2) is 0 Å². The molecule has 0 saturated heterocycles. The van der Waals surface area contributed by atoms with Crippen molar-refractivity contribution in [3.63, 3.8) is 0 Å². The summed E-state index contributed by atoms with van der Waals surface area (Å²) in [5.41, 5.74) is 3.58. The van der Waals surface area contributed by atoms with Crippen molar-refractivity contribution >= 4 is 20.9 Å². The molecule has 0 amide bonds. The Morgan fingerprint density at radius 2 is 1.57 bits per heavy atom. The second kappa shape index (κ2) is 8.79. The number of sulfonamides is 1. The van der Waals surface area contributed by atoms with Crippen LogP contribution in [0.2, 0.25) is 0 Å². The third-order valence-electron chi connectivity index (χ3n) is 4.79. The normalized spacial score (nSPS) is 11.8. The molecule has 4 aromatic rings. The van der Waals surface area contributed by atoms with E-state index in [1.54, 1.807) is 30.3 Å². The number of H-pyrrole nitrogens is 1. The Kier molecular flexibility index (Phi) is 5.94. The van der Waals surface area contributed by atoms with Gasteiger partial charge in [0.2, 0.25) is 10.0 Å². The molecule has 0 atom stereocenters. The lowest BCUT2D eigenvalue weighted by atomic mass is 10.2. The number of halogens is 1. The maximum absolute atomic E-state index is 13.3. The minimum absolute atomic E-state index is 0.0307. The standard InChI is InChI=1S/C23H22FN3O2S/c24-20-8-3-5-17(11-20)15-26-30(28,29)22-9-4-6-18(12-22)14-25-16-21-13-19-7-1-2-10-23(19)27-21/h1-13,25-27H,14-16H2. The van der Waals surface area contributed by atoms with E-state index in [9.17, 15) is 12.8 Å². The Hall–Kier alpha value is -3.00. The summed E-state index contributed by atoms with van der Waals surface area (Å²) in [7, 11) is -3.69. The van der Waals surface area contributed by atoms with Gasteiger partial charge in [-0.05, 0) is 52.9 Å². The number of aromatic nitrogens is 1. The molecule has 0 bridgehead atoms. The van der Waals surface area contributed by atoms with Gasteiger partial charge < -0.3 is 10.3 Å². The van der Waals surface area contributed by atoms with Crippen LogP contribution in [0.3, 0.4) is 0 Å². The molecule has 154 valence electrons. The fraction of sp³-hybridized carbons (Fsp3) is 0.130. The molecule has 5 nitrogen and oxygen atoms in total. The van der Waals surface area contributed by atoms with E-state index in [0.29, 0.717) is 18.7 Å². The van der Waals surface area contributed by atoms with Crippen LogP contribution in [0.15, 0.2) is 83.8 Å². The van der Waals surface area contributed by atoms with Crippen LogP contribution in [-0.2, 0) is 29.7 Å². The fourth-order valence-corrected chi connectivity index (χ4v) is 4.39. The van der Waals surface area contributed by atoms with Crippen molar-refractivity contribution in [2.45, 2.75) is 24.5 Å². The van der Waals surface area contributed by atoms with E-state index in [0.717, 1.165) is 22.2 Å². The van der Waals surface area contributed by atoms with E-state index in [-0.39, 0.29) is 11.4 Å². The van der Waals surface area contributed by atoms with Crippen LogP contribution in [0.25, 0.3) is 10.9 Å². The van der Waals surface area contributed by atoms with Crippen LogP contribution in [-0.4, -0.2) is 13.4 Å². The molecule has 0 saturated carbocycles. The molecule has 30 heavy (non-hydrogen) atoms. The molecule has 0 aliphatic rings. The maximum atomic E-state index is 13.3. The quantitative estimate of drug-likeness (QED) is 0.400. The molecule has 0 aliphatic heterocycles. The highest BCUT2D eigenvalue weighted by molar-refractivity contribution is 7.89. The molecular weight excluding hydrogens is 401 g/mol. The summed E-state index contributed by atoms with van der Waals surface area (Å²) in [6.45, 7) is 1.20. The van der Waals surface area contributed by atoms with Crippen molar-refractivity contribution in [2.24, 2.45) is 0 Å². The zero-order chi connectivity index (χ0) is 21.0. The van der Waals surface area contributed by atoms with Gasteiger partial charge in [-0.25, -0.2) is 17.5 Å². The maximum Gasteiger partial charge on any atom is 0.240 e. The van der Waals surface area contributed by atoms with E-state index >= 15 is 0 Å². The van der Waals surface area contributed by atoms with Crippen molar-refractivity contribution in [1.29, 1.82) is 0 Å². The molecule has 1 aromatic heterocycles. The first kappa shape index (κ1) is 20.3. The molecule has 0 radical (unpaired) electrons. The van der Waals surface area contributed by atoms with Crippen molar-refractivity contribution < 1.29 is 12.8 Å². The Labute approximate surface area is 175 Å². The highest BCUT2D eigenvalue weighted by Gasteiger charge is 2.14.